The number of para-hydroxylation sites is 2. The number of amides is 2. The van der Waals surface area contributed by atoms with Crippen molar-refractivity contribution in [3.05, 3.63) is 48.4 Å². The molecule has 0 unspecified atom stereocenters. The molecule has 0 radical (unpaired) electrons. The van der Waals surface area contributed by atoms with Crippen molar-refractivity contribution in [1.82, 2.24) is 0 Å². The van der Waals surface area contributed by atoms with Gasteiger partial charge in [0.15, 0.2) is 6.61 Å². The molecular formula is C19H20N2O5. The van der Waals surface area contributed by atoms with Crippen molar-refractivity contribution in [2.45, 2.75) is 32.2 Å². The number of anilines is 2. The van der Waals surface area contributed by atoms with Crippen LogP contribution in [0, 0.1) is 0 Å². The van der Waals surface area contributed by atoms with Gasteiger partial charge in [0.1, 0.15) is 5.76 Å². The first-order valence-corrected chi connectivity index (χ1v) is 8.43. The van der Waals surface area contributed by atoms with Crippen LogP contribution in [-0.4, -0.2) is 30.4 Å². The van der Waals surface area contributed by atoms with Crippen molar-refractivity contribution < 1.29 is 23.5 Å². The summed E-state index contributed by atoms with van der Waals surface area (Å²) in [6.45, 7) is 1.42. The monoisotopic (exact) mass is 356 g/mol. The van der Waals surface area contributed by atoms with Gasteiger partial charge in [0.05, 0.1) is 24.1 Å². The molecule has 1 aromatic carbocycles. The van der Waals surface area contributed by atoms with Crippen molar-refractivity contribution in [1.29, 1.82) is 0 Å². The van der Waals surface area contributed by atoms with Crippen molar-refractivity contribution in [2.24, 2.45) is 0 Å². The third kappa shape index (κ3) is 4.11. The fourth-order valence-electron chi connectivity index (χ4n) is 2.93. The van der Waals surface area contributed by atoms with Gasteiger partial charge in [0, 0.05) is 18.9 Å². The van der Waals surface area contributed by atoms with Gasteiger partial charge in [-0.05, 0) is 31.2 Å². The molecule has 0 aliphatic carbocycles. The van der Waals surface area contributed by atoms with Crippen LogP contribution in [0.4, 0.5) is 11.4 Å². The van der Waals surface area contributed by atoms with Gasteiger partial charge in [-0.3, -0.25) is 14.4 Å². The lowest BCUT2D eigenvalue weighted by Crippen LogP contribution is -2.41. The van der Waals surface area contributed by atoms with E-state index in [0.29, 0.717) is 23.6 Å². The molecule has 0 fully saturated rings. The lowest BCUT2D eigenvalue weighted by molar-refractivity contribution is -0.148. The summed E-state index contributed by atoms with van der Waals surface area (Å²) in [6, 6.07) is 10.3. The number of carbonyl (C=O) groups is 3. The minimum Gasteiger partial charge on any atom is -0.469 e. The van der Waals surface area contributed by atoms with Crippen molar-refractivity contribution in [3.8, 4) is 0 Å². The number of benzene rings is 1. The van der Waals surface area contributed by atoms with Gasteiger partial charge in [-0.25, -0.2) is 0 Å². The highest BCUT2D eigenvalue weighted by molar-refractivity contribution is 6.05. The van der Waals surface area contributed by atoms with E-state index in [-0.39, 0.29) is 37.3 Å². The maximum absolute atomic E-state index is 12.7. The number of furan rings is 1. The molecule has 136 valence electrons. The van der Waals surface area contributed by atoms with Crippen molar-refractivity contribution in [3.63, 3.8) is 0 Å². The lowest BCUT2D eigenvalue weighted by atomic mass is 10.1. The first kappa shape index (κ1) is 17.7. The second-order valence-electron chi connectivity index (χ2n) is 6.12. The van der Waals surface area contributed by atoms with Crippen molar-refractivity contribution >= 4 is 29.2 Å². The highest BCUT2D eigenvalue weighted by Gasteiger charge is 2.29. The third-order valence-corrected chi connectivity index (χ3v) is 4.14. The summed E-state index contributed by atoms with van der Waals surface area (Å²) >= 11 is 0. The standard InChI is InChI=1S/C19H20N2O5/c1-13-11-17(22)20-15-6-2-3-7-16(15)21(13)18(23)12-26-19(24)9-8-14-5-4-10-25-14/h2-7,10,13H,8-9,11-12H2,1H3,(H,20,22)/t13-/m1/s1. The minimum absolute atomic E-state index is 0.132. The molecule has 1 aliphatic rings. The molecule has 1 atom stereocenters. The SMILES string of the molecule is C[C@@H]1CC(=O)Nc2ccccc2N1C(=O)COC(=O)CCc1ccco1. The molecular weight excluding hydrogens is 336 g/mol. The lowest BCUT2D eigenvalue weighted by Gasteiger charge is -2.27. The fourth-order valence-corrected chi connectivity index (χ4v) is 2.93. The molecule has 1 N–H and O–H groups in total. The Morgan fingerprint density at radius 2 is 2.08 bits per heavy atom. The van der Waals surface area contributed by atoms with Gasteiger partial charge in [-0.15, -0.1) is 0 Å². The zero-order chi connectivity index (χ0) is 18.5. The topological polar surface area (TPSA) is 88.9 Å². The third-order valence-electron chi connectivity index (χ3n) is 4.14. The molecule has 7 nitrogen and oxygen atoms in total. The predicted octanol–water partition coefficient (Wildman–Crippen LogP) is 2.52. The second kappa shape index (κ2) is 7.86. The Bertz CT molecular complexity index is 800. The van der Waals surface area contributed by atoms with E-state index >= 15 is 0 Å². The summed E-state index contributed by atoms with van der Waals surface area (Å²) in [4.78, 5) is 38.0. The summed E-state index contributed by atoms with van der Waals surface area (Å²) in [5.41, 5.74) is 1.17. The summed E-state index contributed by atoms with van der Waals surface area (Å²) < 4.78 is 10.3. The highest BCUT2D eigenvalue weighted by atomic mass is 16.5. The van der Waals surface area contributed by atoms with Gasteiger partial charge >= 0.3 is 5.97 Å². The number of hydrogen-bond donors (Lipinski definition) is 1. The van der Waals surface area contributed by atoms with Gasteiger partial charge in [0.2, 0.25) is 5.91 Å². The maximum Gasteiger partial charge on any atom is 0.306 e. The van der Waals surface area contributed by atoms with Crippen LogP contribution in [0.15, 0.2) is 47.1 Å². The van der Waals surface area contributed by atoms with Gasteiger partial charge in [-0.1, -0.05) is 12.1 Å². The zero-order valence-corrected chi connectivity index (χ0v) is 14.4. The number of nitrogens with one attached hydrogen (secondary N) is 1. The molecule has 7 heteroatoms. The number of nitrogens with zero attached hydrogens (tertiary/aromatic N) is 1. The average Bonchev–Trinajstić information content (AvgIpc) is 3.09. The Labute approximate surface area is 150 Å². The number of aryl methyl sites for hydroxylation is 1. The number of ether oxygens (including phenoxy) is 1. The summed E-state index contributed by atoms with van der Waals surface area (Å²) in [5.74, 6) is -0.309. The molecule has 2 amide bonds. The number of rotatable bonds is 5. The molecule has 2 aromatic rings. The Morgan fingerprint density at radius 3 is 2.85 bits per heavy atom. The molecule has 3 rings (SSSR count). The van der Waals surface area contributed by atoms with Crippen LogP contribution in [0.3, 0.4) is 0 Å². The van der Waals surface area contributed by atoms with Gasteiger partial charge in [0.25, 0.3) is 5.91 Å². The number of hydrogen-bond acceptors (Lipinski definition) is 5. The number of esters is 1. The smallest absolute Gasteiger partial charge is 0.306 e. The normalized spacial score (nSPS) is 16.4. The van der Waals surface area contributed by atoms with E-state index in [1.165, 1.54) is 11.2 Å². The summed E-state index contributed by atoms with van der Waals surface area (Å²) in [5, 5.41) is 2.79. The molecule has 0 saturated heterocycles. The molecule has 0 spiro atoms. The molecule has 26 heavy (non-hydrogen) atoms. The molecule has 0 bridgehead atoms. The Morgan fingerprint density at radius 1 is 1.27 bits per heavy atom. The first-order valence-electron chi connectivity index (χ1n) is 8.43. The second-order valence-corrected chi connectivity index (χ2v) is 6.12. The maximum atomic E-state index is 12.7. The quantitative estimate of drug-likeness (QED) is 0.832. The van der Waals surface area contributed by atoms with Crippen LogP contribution in [-0.2, 0) is 25.5 Å². The van der Waals surface area contributed by atoms with E-state index in [0.717, 1.165) is 0 Å². The van der Waals surface area contributed by atoms with Crippen LogP contribution in [0.25, 0.3) is 0 Å². The molecule has 1 aromatic heterocycles. The summed E-state index contributed by atoms with van der Waals surface area (Å²) in [6.07, 6.45) is 2.26. The Hall–Kier alpha value is -3.09. The first-order chi connectivity index (χ1) is 12.5. The van der Waals surface area contributed by atoms with Crippen LogP contribution in [0.5, 0.6) is 0 Å². The van der Waals surface area contributed by atoms with E-state index in [4.69, 9.17) is 9.15 Å². The molecule has 2 heterocycles. The Balaban J connectivity index is 1.63. The highest BCUT2D eigenvalue weighted by Crippen LogP contribution is 2.31. The van der Waals surface area contributed by atoms with Gasteiger partial charge < -0.3 is 19.4 Å². The van der Waals surface area contributed by atoms with E-state index in [2.05, 4.69) is 5.32 Å². The molecule has 1 aliphatic heterocycles. The van der Waals surface area contributed by atoms with Gasteiger partial charge in [-0.2, -0.15) is 0 Å². The summed E-state index contributed by atoms with van der Waals surface area (Å²) in [7, 11) is 0. The predicted molar refractivity (Wildman–Crippen MR) is 94.6 cm³/mol. The van der Waals surface area contributed by atoms with Crippen molar-refractivity contribution in [2.75, 3.05) is 16.8 Å². The minimum atomic E-state index is -0.472. The van der Waals surface area contributed by atoms with E-state index in [1.54, 1.807) is 43.3 Å². The van der Waals surface area contributed by atoms with Crippen LogP contribution in [0.1, 0.15) is 25.5 Å². The molecule has 0 saturated carbocycles. The fraction of sp³-hybridized carbons (Fsp3) is 0.316. The largest absolute Gasteiger partial charge is 0.469 e. The van der Waals surface area contributed by atoms with E-state index < -0.39 is 5.97 Å². The van der Waals surface area contributed by atoms with E-state index in [1.807, 2.05) is 0 Å². The van der Waals surface area contributed by atoms with E-state index in [9.17, 15) is 14.4 Å². The average molecular weight is 356 g/mol. The Kier molecular flexibility index (Phi) is 5.36. The van der Waals surface area contributed by atoms with Crippen LogP contribution >= 0.6 is 0 Å². The van der Waals surface area contributed by atoms with Crippen LogP contribution in [0.2, 0.25) is 0 Å². The zero-order valence-electron chi connectivity index (χ0n) is 14.4. The van der Waals surface area contributed by atoms with Crippen LogP contribution < -0.4 is 10.2 Å². The number of fused-ring (bicyclic) bond motifs is 1. The number of carbonyl (C=O) groups excluding carboxylic acids is 3.